The molecule has 0 bridgehead atoms. The molecule has 0 unspecified atom stereocenters. The Morgan fingerprint density at radius 2 is 2.19 bits per heavy atom. The molecule has 1 aromatic carbocycles. The predicted octanol–water partition coefficient (Wildman–Crippen LogP) is 2.67. The number of nitrogens with one attached hydrogen (secondary N) is 1. The van der Waals surface area contributed by atoms with Gasteiger partial charge in [-0.25, -0.2) is 4.98 Å². The molecule has 0 aliphatic heterocycles. The molecule has 0 saturated heterocycles. The molecule has 8 heteroatoms. The van der Waals surface area contributed by atoms with Crippen molar-refractivity contribution < 1.29 is 14.6 Å². The number of aromatic nitrogens is 3. The molecule has 0 atom stereocenters. The zero-order valence-corrected chi connectivity index (χ0v) is 16.8. The van der Waals surface area contributed by atoms with E-state index in [2.05, 4.69) is 15.4 Å². The standard InChI is InChI=1S/C19H24N4O3S/c1-12-16(27-11-21-12)8-26-13-5-6-15-14(7-13)17(23(4)22-15)18(25)20-9-19(2,3)10-24/h5-7,11,24H,8-10H2,1-4H3,(H,20,25). The van der Waals surface area contributed by atoms with Crippen LogP contribution in [0.15, 0.2) is 23.7 Å². The second-order valence-electron chi connectivity index (χ2n) is 7.31. The first-order valence-electron chi connectivity index (χ1n) is 8.68. The van der Waals surface area contributed by atoms with Crippen molar-refractivity contribution in [2.75, 3.05) is 13.2 Å². The fraction of sp³-hybridized carbons (Fsp3) is 0.421. The number of ether oxygens (including phenoxy) is 1. The summed E-state index contributed by atoms with van der Waals surface area (Å²) in [5.41, 5.74) is 3.58. The van der Waals surface area contributed by atoms with Crippen LogP contribution >= 0.6 is 11.3 Å². The number of carbonyl (C=O) groups excluding carboxylic acids is 1. The maximum atomic E-state index is 12.7. The highest BCUT2D eigenvalue weighted by molar-refractivity contribution is 7.09. The highest BCUT2D eigenvalue weighted by atomic mass is 32.1. The Morgan fingerprint density at radius 3 is 2.85 bits per heavy atom. The highest BCUT2D eigenvalue weighted by Gasteiger charge is 2.21. The van der Waals surface area contributed by atoms with E-state index in [1.807, 2.05) is 39.0 Å². The van der Waals surface area contributed by atoms with Crippen LogP contribution in [0.3, 0.4) is 0 Å². The molecule has 2 heterocycles. The van der Waals surface area contributed by atoms with Gasteiger partial charge in [-0.15, -0.1) is 11.3 Å². The minimum atomic E-state index is -0.384. The summed E-state index contributed by atoms with van der Waals surface area (Å²) in [6, 6.07) is 5.53. The van der Waals surface area contributed by atoms with Crippen molar-refractivity contribution in [3.05, 3.63) is 40.0 Å². The van der Waals surface area contributed by atoms with Crippen molar-refractivity contribution in [2.45, 2.75) is 27.4 Å². The number of hydrogen-bond donors (Lipinski definition) is 2. The summed E-state index contributed by atoms with van der Waals surface area (Å²) in [7, 11) is 1.74. The summed E-state index contributed by atoms with van der Waals surface area (Å²) in [4.78, 5) is 18.0. The number of amides is 1. The van der Waals surface area contributed by atoms with Crippen LogP contribution in [0.2, 0.25) is 0 Å². The van der Waals surface area contributed by atoms with Gasteiger partial charge in [0.15, 0.2) is 0 Å². The summed E-state index contributed by atoms with van der Waals surface area (Å²) in [5.74, 6) is 0.449. The fourth-order valence-corrected chi connectivity index (χ4v) is 3.30. The van der Waals surface area contributed by atoms with Gasteiger partial charge in [0.25, 0.3) is 5.91 Å². The van der Waals surface area contributed by atoms with Crippen molar-refractivity contribution in [1.29, 1.82) is 0 Å². The van der Waals surface area contributed by atoms with Gasteiger partial charge in [0.1, 0.15) is 18.1 Å². The molecule has 2 N–H and O–H groups in total. The van der Waals surface area contributed by atoms with Gasteiger partial charge in [0, 0.05) is 31.0 Å². The van der Waals surface area contributed by atoms with E-state index in [1.54, 1.807) is 28.6 Å². The Balaban J connectivity index is 1.81. The number of benzene rings is 1. The maximum Gasteiger partial charge on any atom is 0.270 e. The molecule has 0 saturated carbocycles. The van der Waals surface area contributed by atoms with E-state index < -0.39 is 0 Å². The van der Waals surface area contributed by atoms with Crippen molar-refractivity contribution in [3.63, 3.8) is 0 Å². The van der Waals surface area contributed by atoms with Gasteiger partial charge >= 0.3 is 0 Å². The van der Waals surface area contributed by atoms with Crippen molar-refractivity contribution in [2.24, 2.45) is 12.5 Å². The van der Waals surface area contributed by atoms with E-state index in [0.717, 1.165) is 21.5 Å². The number of thiazole rings is 1. The van der Waals surface area contributed by atoms with Crippen LogP contribution in [0.4, 0.5) is 0 Å². The molecule has 3 rings (SSSR count). The molecule has 3 aromatic rings. The average molecular weight is 388 g/mol. The SMILES string of the molecule is Cc1ncsc1COc1ccc2nn(C)c(C(=O)NCC(C)(C)CO)c2c1. The van der Waals surface area contributed by atoms with Crippen LogP contribution in [0.1, 0.15) is 34.9 Å². The van der Waals surface area contributed by atoms with Gasteiger partial charge in [0.05, 0.1) is 21.6 Å². The molecule has 1 amide bonds. The lowest BCUT2D eigenvalue weighted by molar-refractivity contribution is 0.0903. The largest absolute Gasteiger partial charge is 0.488 e. The number of hydrogen-bond acceptors (Lipinski definition) is 6. The summed E-state index contributed by atoms with van der Waals surface area (Å²) < 4.78 is 7.46. The lowest BCUT2D eigenvalue weighted by Gasteiger charge is -2.21. The summed E-state index contributed by atoms with van der Waals surface area (Å²) in [5, 5.41) is 17.4. The number of aliphatic hydroxyl groups is 1. The third-order valence-electron chi connectivity index (χ3n) is 4.39. The molecular weight excluding hydrogens is 364 g/mol. The molecule has 7 nitrogen and oxygen atoms in total. The zero-order valence-electron chi connectivity index (χ0n) is 15.9. The minimum Gasteiger partial charge on any atom is -0.488 e. The van der Waals surface area contributed by atoms with Crippen LogP contribution < -0.4 is 10.1 Å². The van der Waals surface area contributed by atoms with Gasteiger partial charge in [-0.2, -0.15) is 5.10 Å². The first-order chi connectivity index (χ1) is 12.8. The lowest BCUT2D eigenvalue weighted by atomic mass is 9.95. The van der Waals surface area contributed by atoms with Crippen molar-refractivity contribution >= 4 is 28.1 Å². The van der Waals surface area contributed by atoms with E-state index in [0.29, 0.717) is 24.6 Å². The molecule has 0 aliphatic rings. The molecule has 0 spiro atoms. The number of rotatable bonds is 7. The van der Waals surface area contributed by atoms with E-state index in [-0.39, 0.29) is 17.9 Å². The third-order valence-corrected chi connectivity index (χ3v) is 5.30. The summed E-state index contributed by atoms with van der Waals surface area (Å²) in [6.45, 7) is 6.54. The van der Waals surface area contributed by atoms with Crippen molar-refractivity contribution in [1.82, 2.24) is 20.1 Å². The topological polar surface area (TPSA) is 89.3 Å². The number of aryl methyl sites for hydroxylation is 2. The van der Waals surface area contributed by atoms with Gasteiger partial charge in [-0.05, 0) is 25.1 Å². The Morgan fingerprint density at radius 1 is 1.41 bits per heavy atom. The molecule has 2 aromatic heterocycles. The number of nitrogens with zero attached hydrogens (tertiary/aromatic N) is 3. The molecule has 27 heavy (non-hydrogen) atoms. The monoisotopic (exact) mass is 388 g/mol. The number of fused-ring (bicyclic) bond motifs is 1. The van der Waals surface area contributed by atoms with Gasteiger partial charge in [0.2, 0.25) is 0 Å². The normalized spacial score (nSPS) is 11.7. The Bertz CT molecular complexity index is 961. The zero-order chi connectivity index (χ0) is 19.6. The Hall–Kier alpha value is -2.45. The number of carbonyl (C=O) groups is 1. The summed E-state index contributed by atoms with van der Waals surface area (Å²) in [6.07, 6.45) is 0. The fourth-order valence-electron chi connectivity index (χ4n) is 2.61. The van der Waals surface area contributed by atoms with Crippen molar-refractivity contribution in [3.8, 4) is 5.75 Å². The second kappa shape index (κ2) is 7.66. The smallest absolute Gasteiger partial charge is 0.270 e. The average Bonchev–Trinajstić information content (AvgIpc) is 3.19. The molecule has 144 valence electrons. The highest BCUT2D eigenvalue weighted by Crippen LogP contribution is 2.25. The van der Waals surface area contributed by atoms with Gasteiger partial charge in [-0.1, -0.05) is 13.8 Å². The van der Waals surface area contributed by atoms with E-state index in [4.69, 9.17) is 4.74 Å². The second-order valence-corrected chi connectivity index (χ2v) is 8.25. The quantitative estimate of drug-likeness (QED) is 0.650. The van der Waals surface area contributed by atoms with Crippen LogP contribution in [0.5, 0.6) is 5.75 Å². The number of aliphatic hydroxyl groups excluding tert-OH is 1. The van der Waals surface area contributed by atoms with E-state index in [1.165, 1.54) is 0 Å². The molecule has 0 radical (unpaired) electrons. The van der Waals surface area contributed by atoms with E-state index >= 15 is 0 Å². The van der Waals surface area contributed by atoms with Crippen LogP contribution in [-0.4, -0.2) is 38.9 Å². The first-order valence-corrected chi connectivity index (χ1v) is 9.56. The lowest BCUT2D eigenvalue weighted by Crippen LogP contribution is -2.36. The first kappa shape index (κ1) is 19.3. The minimum absolute atomic E-state index is 0.00556. The third kappa shape index (κ3) is 4.28. The van der Waals surface area contributed by atoms with Gasteiger partial charge < -0.3 is 15.2 Å². The predicted molar refractivity (Wildman–Crippen MR) is 105 cm³/mol. The Labute approximate surface area is 162 Å². The molecule has 0 aliphatic carbocycles. The summed E-state index contributed by atoms with van der Waals surface area (Å²) >= 11 is 1.56. The van der Waals surface area contributed by atoms with Crippen LogP contribution in [0, 0.1) is 12.3 Å². The van der Waals surface area contributed by atoms with Gasteiger partial charge in [-0.3, -0.25) is 9.48 Å². The van der Waals surface area contributed by atoms with E-state index in [9.17, 15) is 9.90 Å². The van der Waals surface area contributed by atoms with Crippen LogP contribution in [0.25, 0.3) is 10.9 Å². The Kier molecular flexibility index (Phi) is 5.48. The molecule has 0 fully saturated rings. The maximum absolute atomic E-state index is 12.7. The molecular formula is C19H24N4O3S. The van der Waals surface area contributed by atoms with Crippen LogP contribution in [-0.2, 0) is 13.7 Å².